The maximum atomic E-state index is 8.89. The molecule has 3 heterocycles. The number of aliphatic hydroxyl groups is 1. The normalized spacial score (nSPS) is 26.6. The SMILES string of the molecule is OCCCc1cc(N2C3CCC2CNC3)ccn1. The minimum Gasteiger partial charge on any atom is -0.396 e. The molecule has 0 spiro atoms. The Bertz CT molecular complexity index is 394. The van der Waals surface area contributed by atoms with Crippen molar-refractivity contribution in [3.05, 3.63) is 24.0 Å². The highest BCUT2D eigenvalue weighted by Crippen LogP contribution is 2.32. The van der Waals surface area contributed by atoms with E-state index in [1.54, 1.807) is 0 Å². The molecule has 2 aliphatic rings. The lowest BCUT2D eigenvalue weighted by Crippen LogP contribution is -2.52. The lowest BCUT2D eigenvalue weighted by Gasteiger charge is -2.37. The number of hydrogen-bond acceptors (Lipinski definition) is 4. The number of rotatable bonds is 4. The zero-order chi connectivity index (χ0) is 12.4. The fourth-order valence-corrected chi connectivity index (χ4v) is 3.22. The third kappa shape index (κ3) is 2.22. The van der Waals surface area contributed by atoms with Gasteiger partial charge in [-0.15, -0.1) is 0 Å². The second kappa shape index (κ2) is 5.24. The van der Waals surface area contributed by atoms with E-state index < -0.39 is 0 Å². The van der Waals surface area contributed by atoms with E-state index in [2.05, 4.69) is 27.3 Å². The lowest BCUT2D eigenvalue weighted by atomic mass is 10.1. The molecule has 0 amide bonds. The number of aryl methyl sites for hydroxylation is 1. The number of nitrogens with zero attached hydrogens (tertiary/aromatic N) is 2. The van der Waals surface area contributed by atoms with E-state index in [-0.39, 0.29) is 6.61 Å². The topological polar surface area (TPSA) is 48.4 Å². The highest BCUT2D eigenvalue weighted by Gasteiger charge is 2.36. The number of piperazine rings is 1. The van der Waals surface area contributed by atoms with E-state index in [1.807, 2.05) is 6.20 Å². The molecule has 18 heavy (non-hydrogen) atoms. The average Bonchev–Trinajstić information content (AvgIpc) is 2.66. The van der Waals surface area contributed by atoms with Crippen LogP contribution in [-0.2, 0) is 6.42 Å². The summed E-state index contributed by atoms with van der Waals surface area (Å²) in [6.07, 6.45) is 6.16. The predicted molar refractivity (Wildman–Crippen MR) is 71.8 cm³/mol. The van der Waals surface area contributed by atoms with Crippen LogP contribution >= 0.6 is 0 Å². The molecular formula is C14H21N3O. The van der Waals surface area contributed by atoms with Gasteiger partial charge in [0.2, 0.25) is 0 Å². The Kier molecular flexibility index (Phi) is 3.48. The summed E-state index contributed by atoms with van der Waals surface area (Å²) in [7, 11) is 0. The summed E-state index contributed by atoms with van der Waals surface area (Å²) in [6.45, 7) is 2.44. The number of hydrogen-bond donors (Lipinski definition) is 2. The number of fused-ring (bicyclic) bond motifs is 2. The molecule has 0 saturated carbocycles. The first-order valence-corrected chi connectivity index (χ1v) is 6.93. The third-order valence-electron chi connectivity index (χ3n) is 4.07. The van der Waals surface area contributed by atoms with Gasteiger partial charge < -0.3 is 15.3 Å². The van der Waals surface area contributed by atoms with E-state index in [9.17, 15) is 0 Å². The van der Waals surface area contributed by atoms with E-state index in [0.29, 0.717) is 12.1 Å². The van der Waals surface area contributed by atoms with Gasteiger partial charge in [-0.05, 0) is 37.8 Å². The number of aliphatic hydroxyl groups excluding tert-OH is 1. The van der Waals surface area contributed by atoms with Crippen molar-refractivity contribution in [1.82, 2.24) is 10.3 Å². The van der Waals surface area contributed by atoms with Crippen molar-refractivity contribution in [3.8, 4) is 0 Å². The average molecular weight is 247 g/mol. The van der Waals surface area contributed by atoms with Crippen molar-refractivity contribution >= 4 is 5.69 Å². The molecule has 2 saturated heterocycles. The summed E-state index contributed by atoms with van der Waals surface area (Å²) >= 11 is 0. The molecule has 4 nitrogen and oxygen atoms in total. The molecule has 0 aliphatic carbocycles. The Balaban J connectivity index is 1.79. The van der Waals surface area contributed by atoms with Crippen LogP contribution in [0.25, 0.3) is 0 Å². The van der Waals surface area contributed by atoms with E-state index in [1.165, 1.54) is 18.5 Å². The number of aromatic nitrogens is 1. The van der Waals surface area contributed by atoms with E-state index >= 15 is 0 Å². The molecule has 4 heteroatoms. The standard InChI is InChI=1S/C14H21N3O/c18-7-1-2-11-8-12(5-6-16-11)17-13-3-4-14(17)10-15-9-13/h5-6,8,13-15,18H,1-4,7,9-10H2. The first-order valence-electron chi connectivity index (χ1n) is 6.93. The van der Waals surface area contributed by atoms with Crippen LogP contribution < -0.4 is 10.2 Å². The smallest absolute Gasteiger partial charge is 0.0434 e. The van der Waals surface area contributed by atoms with Crippen LogP contribution in [-0.4, -0.2) is 41.9 Å². The molecule has 0 radical (unpaired) electrons. The van der Waals surface area contributed by atoms with Gasteiger partial charge in [0.15, 0.2) is 0 Å². The van der Waals surface area contributed by atoms with Gasteiger partial charge in [0.1, 0.15) is 0 Å². The van der Waals surface area contributed by atoms with E-state index in [0.717, 1.165) is 31.6 Å². The van der Waals surface area contributed by atoms with Gasteiger partial charge >= 0.3 is 0 Å². The van der Waals surface area contributed by atoms with E-state index in [4.69, 9.17) is 5.11 Å². The number of pyridine rings is 1. The summed E-state index contributed by atoms with van der Waals surface area (Å²) in [5, 5.41) is 12.4. The van der Waals surface area contributed by atoms with Crippen LogP contribution in [0, 0.1) is 0 Å². The minimum atomic E-state index is 0.241. The molecular weight excluding hydrogens is 226 g/mol. The van der Waals surface area contributed by atoms with Gasteiger partial charge in [-0.1, -0.05) is 0 Å². The van der Waals surface area contributed by atoms with Gasteiger partial charge in [-0.2, -0.15) is 0 Å². The second-order valence-corrected chi connectivity index (χ2v) is 5.28. The van der Waals surface area contributed by atoms with Crippen LogP contribution in [0.4, 0.5) is 5.69 Å². The molecule has 0 aromatic carbocycles. The highest BCUT2D eigenvalue weighted by atomic mass is 16.2. The predicted octanol–water partition coefficient (Wildman–Crippen LogP) is 0.947. The molecule has 2 fully saturated rings. The molecule has 2 unspecified atom stereocenters. The number of anilines is 1. The second-order valence-electron chi connectivity index (χ2n) is 5.28. The highest BCUT2D eigenvalue weighted by molar-refractivity contribution is 5.51. The Morgan fingerprint density at radius 1 is 1.33 bits per heavy atom. The molecule has 1 aromatic heterocycles. The molecule has 3 rings (SSSR count). The number of nitrogens with one attached hydrogen (secondary N) is 1. The van der Waals surface area contributed by atoms with Crippen LogP contribution in [0.3, 0.4) is 0 Å². The first-order chi connectivity index (χ1) is 8.88. The Labute approximate surface area is 108 Å². The molecule has 2 N–H and O–H groups in total. The van der Waals surface area contributed by atoms with Crippen molar-refractivity contribution in [2.75, 3.05) is 24.6 Å². The molecule has 2 atom stereocenters. The van der Waals surface area contributed by atoms with Gasteiger partial charge in [0.25, 0.3) is 0 Å². The van der Waals surface area contributed by atoms with Gasteiger partial charge in [-0.25, -0.2) is 0 Å². The molecule has 2 aliphatic heterocycles. The maximum absolute atomic E-state index is 8.89. The zero-order valence-corrected chi connectivity index (χ0v) is 10.7. The van der Waals surface area contributed by atoms with Crippen LogP contribution in [0.1, 0.15) is 25.0 Å². The van der Waals surface area contributed by atoms with Crippen molar-refractivity contribution < 1.29 is 5.11 Å². The monoisotopic (exact) mass is 247 g/mol. The minimum absolute atomic E-state index is 0.241. The maximum Gasteiger partial charge on any atom is 0.0434 e. The van der Waals surface area contributed by atoms with Crippen LogP contribution in [0.2, 0.25) is 0 Å². The van der Waals surface area contributed by atoms with Gasteiger partial charge in [0, 0.05) is 49.4 Å². The Hall–Kier alpha value is -1.13. The molecule has 2 bridgehead atoms. The fraction of sp³-hybridized carbons (Fsp3) is 0.643. The first kappa shape index (κ1) is 11.9. The summed E-state index contributed by atoms with van der Waals surface area (Å²) in [6, 6.07) is 5.62. The zero-order valence-electron chi connectivity index (χ0n) is 10.7. The summed E-state index contributed by atoms with van der Waals surface area (Å²) in [5.74, 6) is 0. The lowest BCUT2D eigenvalue weighted by molar-refractivity contribution is 0.288. The fourth-order valence-electron chi connectivity index (χ4n) is 3.22. The van der Waals surface area contributed by atoms with Crippen LogP contribution in [0.5, 0.6) is 0 Å². The van der Waals surface area contributed by atoms with Crippen molar-refractivity contribution in [1.29, 1.82) is 0 Å². The Morgan fingerprint density at radius 2 is 2.11 bits per heavy atom. The Morgan fingerprint density at radius 3 is 2.83 bits per heavy atom. The molecule has 1 aromatic rings. The van der Waals surface area contributed by atoms with Crippen LogP contribution in [0.15, 0.2) is 18.3 Å². The van der Waals surface area contributed by atoms with Crippen molar-refractivity contribution in [3.63, 3.8) is 0 Å². The summed E-state index contributed by atoms with van der Waals surface area (Å²) < 4.78 is 0. The molecule has 98 valence electrons. The van der Waals surface area contributed by atoms with Crippen molar-refractivity contribution in [2.45, 2.75) is 37.8 Å². The quantitative estimate of drug-likeness (QED) is 0.831. The van der Waals surface area contributed by atoms with Gasteiger partial charge in [-0.3, -0.25) is 4.98 Å². The summed E-state index contributed by atoms with van der Waals surface area (Å²) in [5.41, 5.74) is 2.41. The summed E-state index contributed by atoms with van der Waals surface area (Å²) in [4.78, 5) is 6.96. The van der Waals surface area contributed by atoms with Gasteiger partial charge in [0.05, 0.1) is 0 Å². The largest absolute Gasteiger partial charge is 0.396 e. The third-order valence-corrected chi connectivity index (χ3v) is 4.07. The van der Waals surface area contributed by atoms with Crippen molar-refractivity contribution in [2.24, 2.45) is 0 Å².